The molecule has 0 unspecified atom stereocenters. The van der Waals surface area contributed by atoms with Crippen molar-refractivity contribution in [2.24, 2.45) is 0 Å². The van der Waals surface area contributed by atoms with Gasteiger partial charge in [-0.2, -0.15) is 0 Å². The summed E-state index contributed by atoms with van der Waals surface area (Å²) in [7, 11) is -3.56. The van der Waals surface area contributed by atoms with Gasteiger partial charge in [-0.25, -0.2) is 12.8 Å². The van der Waals surface area contributed by atoms with E-state index in [9.17, 15) is 17.6 Å². The van der Waals surface area contributed by atoms with E-state index in [2.05, 4.69) is 31.9 Å². The highest BCUT2D eigenvalue weighted by Gasteiger charge is 2.46. The Kier molecular flexibility index (Phi) is 4.28. The zero-order valence-electron chi connectivity index (χ0n) is 10.6. The number of rotatable bonds is 2. The lowest BCUT2D eigenvalue weighted by Crippen LogP contribution is -2.17. The van der Waals surface area contributed by atoms with Crippen LogP contribution < -0.4 is 0 Å². The number of alkyl halides is 2. The molecule has 0 bridgehead atoms. The average Bonchev–Trinajstić information content (AvgIpc) is 2.54. The third kappa shape index (κ3) is 2.65. The van der Waals surface area contributed by atoms with E-state index in [1.54, 1.807) is 6.07 Å². The topological polar surface area (TPSA) is 60.4 Å². The van der Waals surface area contributed by atoms with Gasteiger partial charge in [0.2, 0.25) is 0 Å². The van der Waals surface area contributed by atoms with E-state index >= 15 is 0 Å². The molecule has 0 aromatic heterocycles. The summed E-state index contributed by atoms with van der Waals surface area (Å²) in [5.41, 5.74) is 0.665. The molecule has 0 radical (unpaired) electrons. The molecule has 8 heteroatoms. The largest absolute Gasteiger partial charge is 0.454 e. The number of ether oxygens (including phenoxy) is 1. The molecule has 4 nitrogen and oxygen atoms in total. The maximum atomic E-state index is 14.3. The first-order chi connectivity index (χ1) is 9.14. The molecule has 0 saturated heterocycles. The summed E-state index contributed by atoms with van der Waals surface area (Å²) >= 11 is 6.47. The molecule has 0 saturated carbocycles. The Labute approximate surface area is 132 Å². The van der Waals surface area contributed by atoms with Crippen molar-refractivity contribution in [3.8, 4) is 0 Å². The summed E-state index contributed by atoms with van der Waals surface area (Å²) in [5.74, 6) is -0.662. The second kappa shape index (κ2) is 5.38. The summed E-state index contributed by atoms with van der Waals surface area (Å²) in [6, 6.07) is 2.93. The monoisotopic (exact) mass is 428 g/mol. The van der Waals surface area contributed by atoms with Crippen LogP contribution in [-0.2, 0) is 19.4 Å². The van der Waals surface area contributed by atoms with Crippen molar-refractivity contribution in [3.63, 3.8) is 0 Å². The number of fused-ring (bicyclic) bond motifs is 1. The molecule has 20 heavy (non-hydrogen) atoms. The summed E-state index contributed by atoms with van der Waals surface area (Å²) in [5, 5.41) is 0. The van der Waals surface area contributed by atoms with Crippen LogP contribution >= 0.6 is 31.9 Å². The molecule has 0 fully saturated rings. The van der Waals surface area contributed by atoms with E-state index in [0.717, 1.165) is 13.2 Å². The van der Waals surface area contributed by atoms with Crippen LogP contribution in [0.25, 0.3) is 0 Å². The fraction of sp³-hybridized carbons (Fsp3) is 0.417. The van der Waals surface area contributed by atoms with E-state index < -0.39 is 32.9 Å². The predicted molar refractivity (Wildman–Crippen MR) is 78.3 cm³/mol. The smallest absolute Gasteiger partial charge is 0.303 e. The lowest BCUT2D eigenvalue weighted by Gasteiger charge is -2.17. The molecule has 1 aliphatic rings. The van der Waals surface area contributed by atoms with Crippen molar-refractivity contribution >= 4 is 47.7 Å². The molecule has 0 heterocycles. The minimum Gasteiger partial charge on any atom is -0.454 e. The van der Waals surface area contributed by atoms with Crippen molar-refractivity contribution in [2.45, 2.75) is 28.9 Å². The molecule has 0 amide bonds. The first-order valence-corrected chi connectivity index (χ1v) is 9.22. The molecule has 0 N–H and O–H groups in total. The fourth-order valence-corrected chi connectivity index (χ4v) is 4.87. The van der Waals surface area contributed by atoms with Gasteiger partial charge in [0.25, 0.3) is 0 Å². The van der Waals surface area contributed by atoms with Crippen LogP contribution in [0.5, 0.6) is 0 Å². The lowest BCUT2D eigenvalue weighted by atomic mass is 10.1. The van der Waals surface area contributed by atoms with Crippen molar-refractivity contribution in [1.29, 1.82) is 0 Å². The van der Waals surface area contributed by atoms with Gasteiger partial charge in [-0.1, -0.05) is 31.9 Å². The van der Waals surface area contributed by atoms with E-state index in [4.69, 9.17) is 4.74 Å². The number of carbonyl (C=O) groups is 1. The van der Waals surface area contributed by atoms with E-state index in [1.165, 1.54) is 6.07 Å². The molecule has 1 aromatic rings. The Hall–Kier alpha value is -0.470. The van der Waals surface area contributed by atoms with E-state index in [1.807, 2.05) is 0 Å². The van der Waals surface area contributed by atoms with Crippen molar-refractivity contribution in [1.82, 2.24) is 0 Å². The van der Waals surface area contributed by atoms with Gasteiger partial charge >= 0.3 is 5.97 Å². The zero-order valence-corrected chi connectivity index (χ0v) is 14.6. The van der Waals surface area contributed by atoms with Crippen LogP contribution in [0.2, 0.25) is 0 Å². The normalized spacial score (nSPS) is 25.4. The standard InChI is InChI=1S/C12H11Br2FO4S/c1-5(16)19-12-9-7(20(2,17)18)4-3-6(13)8(9)10(14)11(12)15/h3-4,10-12H,1-2H3/t10-,11-,12+/m1/s1. The van der Waals surface area contributed by atoms with Gasteiger partial charge in [-0.05, 0) is 17.7 Å². The van der Waals surface area contributed by atoms with Crippen molar-refractivity contribution in [2.75, 3.05) is 6.26 Å². The first kappa shape index (κ1) is 15.9. The number of halogens is 3. The number of hydrogen-bond donors (Lipinski definition) is 0. The van der Waals surface area contributed by atoms with Crippen LogP contribution in [0.15, 0.2) is 21.5 Å². The highest BCUT2D eigenvalue weighted by Crippen LogP contribution is 2.52. The second-order valence-electron chi connectivity index (χ2n) is 4.52. The maximum Gasteiger partial charge on any atom is 0.303 e. The van der Waals surface area contributed by atoms with Gasteiger partial charge in [0, 0.05) is 23.2 Å². The van der Waals surface area contributed by atoms with Crippen LogP contribution in [0, 0.1) is 0 Å². The Balaban J connectivity index is 2.74. The Morgan fingerprint density at radius 2 is 1.95 bits per heavy atom. The summed E-state index contributed by atoms with van der Waals surface area (Å²) in [4.78, 5) is 10.4. The number of carbonyl (C=O) groups excluding carboxylic acids is 1. The Morgan fingerprint density at radius 1 is 1.35 bits per heavy atom. The number of hydrogen-bond acceptors (Lipinski definition) is 4. The Morgan fingerprint density at radius 3 is 2.45 bits per heavy atom. The number of benzene rings is 1. The predicted octanol–water partition coefficient (Wildman–Crippen LogP) is 3.24. The number of sulfone groups is 1. The van der Waals surface area contributed by atoms with E-state index in [0.29, 0.717) is 10.0 Å². The molecule has 0 aliphatic heterocycles. The average molecular weight is 430 g/mol. The molecule has 1 aromatic carbocycles. The fourth-order valence-electron chi connectivity index (χ4n) is 2.26. The Bertz CT molecular complexity index is 674. The third-order valence-corrected chi connectivity index (χ3v) is 5.82. The second-order valence-corrected chi connectivity index (χ2v) is 8.35. The minimum atomic E-state index is -3.56. The quantitative estimate of drug-likeness (QED) is 0.534. The van der Waals surface area contributed by atoms with Gasteiger partial charge in [-0.3, -0.25) is 4.79 Å². The summed E-state index contributed by atoms with van der Waals surface area (Å²) in [6.45, 7) is 1.16. The molecule has 110 valence electrons. The van der Waals surface area contributed by atoms with Crippen LogP contribution in [-0.4, -0.2) is 26.8 Å². The van der Waals surface area contributed by atoms with Gasteiger partial charge in [0.05, 0.1) is 9.72 Å². The lowest BCUT2D eigenvalue weighted by molar-refractivity contribution is -0.149. The highest BCUT2D eigenvalue weighted by molar-refractivity contribution is 9.11. The SMILES string of the molecule is CC(=O)O[C@H]1c2c(S(C)(=O)=O)ccc(Br)c2[C@@H](Br)[C@H]1F. The minimum absolute atomic E-state index is 0.0217. The molecular weight excluding hydrogens is 419 g/mol. The highest BCUT2D eigenvalue weighted by atomic mass is 79.9. The molecule has 3 atom stereocenters. The third-order valence-electron chi connectivity index (χ3n) is 3.02. The molecule has 2 rings (SSSR count). The van der Waals surface area contributed by atoms with Crippen molar-refractivity contribution in [3.05, 3.63) is 27.7 Å². The van der Waals surface area contributed by atoms with Gasteiger partial charge in [-0.15, -0.1) is 0 Å². The molecule has 0 spiro atoms. The van der Waals surface area contributed by atoms with E-state index in [-0.39, 0.29) is 10.5 Å². The van der Waals surface area contributed by atoms with Gasteiger partial charge in [0.1, 0.15) is 0 Å². The summed E-state index contributed by atoms with van der Waals surface area (Å²) < 4.78 is 43.6. The molecule has 1 aliphatic carbocycles. The molecular formula is C12H11Br2FO4S. The van der Waals surface area contributed by atoms with Gasteiger partial charge < -0.3 is 4.74 Å². The maximum absolute atomic E-state index is 14.3. The zero-order chi connectivity index (χ0) is 15.2. The first-order valence-electron chi connectivity index (χ1n) is 5.62. The number of esters is 1. The van der Waals surface area contributed by atoms with Gasteiger partial charge in [0.15, 0.2) is 22.1 Å². The van der Waals surface area contributed by atoms with Crippen LogP contribution in [0.4, 0.5) is 4.39 Å². The summed E-state index contributed by atoms with van der Waals surface area (Å²) in [6.07, 6.45) is -1.74. The van der Waals surface area contributed by atoms with Crippen LogP contribution in [0.1, 0.15) is 29.0 Å². The van der Waals surface area contributed by atoms with Crippen molar-refractivity contribution < 1.29 is 22.3 Å². The van der Waals surface area contributed by atoms with Crippen LogP contribution in [0.3, 0.4) is 0 Å².